The summed E-state index contributed by atoms with van der Waals surface area (Å²) in [6.07, 6.45) is 1.79. The molecule has 1 N–H and O–H groups in total. The molecule has 2 aromatic carbocycles. The summed E-state index contributed by atoms with van der Waals surface area (Å²) in [5, 5.41) is 5.11. The van der Waals surface area contributed by atoms with Crippen molar-refractivity contribution in [1.82, 2.24) is 5.32 Å². The number of hydrogen-bond donors (Lipinski definition) is 1. The molecule has 3 rings (SSSR count). The SMILES string of the molecule is O=C(NC(CCc1ccccc1)c1ccccc1)c1sccc1Br. The van der Waals surface area contributed by atoms with Crippen LogP contribution in [0, 0.1) is 0 Å². The number of rotatable bonds is 6. The van der Waals surface area contributed by atoms with Crippen LogP contribution >= 0.6 is 27.3 Å². The van der Waals surface area contributed by atoms with Gasteiger partial charge in [0.1, 0.15) is 4.88 Å². The molecular formula is C20H18BrNOS. The van der Waals surface area contributed by atoms with Crippen molar-refractivity contribution in [3.05, 3.63) is 92.6 Å². The zero-order valence-electron chi connectivity index (χ0n) is 13.1. The molecule has 0 radical (unpaired) electrons. The van der Waals surface area contributed by atoms with E-state index < -0.39 is 0 Å². The van der Waals surface area contributed by atoms with E-state index in [0.29, 0.717) is 0 Å². The third kappa shape index (κ3) is 4.34. The summed E-state index contributed by atoms with van der Waals surface area (Å²) in [4.78, 5) is 13.3. The molecule has 0 bridgehead atoms. The summed E-state index contributed by atoms with van der Waals surface area (Å²) in [7, 11) is 0. The zero-order valence-corrected chi connectivity index (χ0v) is 15.5. The van der Waals surface area contributed by atoms with E-state index in [2.05, 4.69) is 45.5 Å². The number of benzene rings is 2. The summed E-state index contributed by atoms with van der Waals surface area (Å²) in [6.45, 7) is 0. The number of aryl methyl sites for hydroxylation is 1. The highest BCUT2D eigenvalue weighted by Gasteiger charge is 2.18. The fourth-order valence-electron chi connectivity index (χ4n) is 2.64. The Bertz CT molecular complexity index is 786. The molecule has 122 valence electrons. The molecule has 3 aromatic rings. The lowest BCUT2D eigenvalue weighted by atomic mass is 9.99. The van der Waals surface area contributed by atoms with Gasteiger partial charge in [0.05, 0.1) is 6.04 Å². The standard InChI is InChI=1S/C20H18BrNOS/c21-17-13-14-24-19(17)20(23)22-18(16-9-5-2-6-10-16)12-11-15-7-3-1-4-8-15/h1-10,13-14,18H,11-12H2,(H,22,23). The van der Waals surface area contributed by atoms with Crippen LogP contribution in [-0.4, -0.2) is 5.91 Å². The lowest BCUT2D eigenvalue weighted by Crippen LogP contribution is -2.28. The third-order valence-corrected chi connectivity index (χ3v) is 5.73. The number of nitrogens with one attached hydrogen (secondary N) is 1. The average molecular weight is 400 g/mol. The second-order valence-corrected chi connectivity index (χ2v) is 7.33. The molecule has 24 heavy (non-hydrogen) atoms. The molecule has 4 heteroatoms. The molecule has 1 atom stereocenters. The smallest absolute Gasteiger partial charge is 0.262 e. The summed E-state index contributed by atoms with van der Waals surface area (Å²) >= 11 is 4.89. The van der Waals surface area contributed by atoms with Crippen LogP contribution < -0.4 is 5.32 Å². The van der Waals surface area contributed by atoms with Crippen molar-refractivity contribution in [3.8, 4) is 0 Å². The van der Waals surface area contributed by atoms with Gasteiger partial charge in [0.15, 0.2) is 0 Å². The van der Waals surface area contributed by atoms with E-state index in [1.165, 1.54) is 16.9 Å². The van der Waals surface area contributed by atoms with Crippen molar-refractivity contribution in [3.63, 3.8) is 0 Å². The highest BCUT2D eigenvalue weighted by atomic mass is 79.9. The summed E-state index contributed by atoms with van der Waals surface area (Å²) in [5.41, 5.74) is 2.42. The highest BCUT2D eigenvalue weighted by molar-refractivity contribution is 9.10. The second kappa shape index (κ2) is 8.27. The molecule has 1 aromatic heterocycles. The van der Waals surface area contributed by atoms with Gasteiger partial charge in [0, 0.05) is 4.47 Å². The summed E-state index contributed by atoms with van der Waals surface area (Å²) < 4.78 is 0.847. The Labute approximate surface area is 154 Å². The van der Waals surface area contributed by atoms with Gasteiger partial charge in [-0.3, -0.25) is 4.79 Å². The van der Waals surface area contributed by atoms with E-state index in [-0.39, 0.29) is 11.9 Å². The molecule has 1 heterocycles. The average Bonchev–Trinajstić information content (AvgIpc) is 3.06. The molecule has 1 amide bonds. The van der Waals surface area contributed by atoms with E-state index in [1.54, 1.807) is 0 Å². The Morgan fingerprint density at radius 3 is 2.29 bits per heavy atom. The van der Waals surface area contributed by atoms with Gasteiger partial charge in [0.25, 0.3) is 5.91 Å². The first kappa shape index (κ1) is 16.9. The van der Waals surface area contributed by atoms with Crippen molar-refractivity contribution in [2.24, 2.45) is 0 Å². The van der Waals surface area contributed by atoms with Crippen LogP contribution in [0.2, 0.25) is 0 Å². The van der Waals surface area contributed by atoms with E-state index in [0.717, 1.165) is 27.8 Å². The maximum Gasteiger partial charge on any atom is 0.262 e. The van der Waals surface area contributed by atoms with Gasteiger partial charge in [-0.25, -0.2) is 0 Å². The molecule has 0 aliphatic heterocycles. The number of carbonyl (C=O) groups is 1. The maximum atomic E-state index is 12.6. The summed E-state index contributed by atoms with van der Waals surface area (Å²) in [5.74, 6) is -0.0289. The first-order valence-corrected chi connectivity index (χ1v) is 9.54. The van der Waals surface area contributed by atoms with E-state index in [1.807, 2.05) is 47.8 Å². The van der Waals surface area contributed by atoms with Crippen molar-refractivity contribution < 1.29 is 4.79 Å². The molecule has 0 aliphatic carbocycles. The first-order valence-electron chi connectivity index (χ1n) is 7.87. The first-order chi connectivity index (χ1) is 11.7. The van der Waals surface area contributed by atoms with Gasteiger partial charge in [-0.15, -0.1) is 11.3 Å². The van der Waals surface area contributed by atoms with Gasteiger partial charge in [0.2, 0.25) is 0 Å². The van der Waals surface area contributed by atoms with E-state index in [4.69, 9.17) is 0 Å². The van der Waals surface area contributed by atoms with Crippen molar-refractivity contribution in [2.75, 3.05) is 0 Å². The highest BCUT2D eigenvalue weighted by Crippen LogP contribution is 2.25. The lowest BCUT2D eigenvalue weighted by molar-refractivity contribution is 0.0938. The molecule has 0 fully saturated rings. The van der Waals surface area contributed by atoms with Crippen molar-refractivity contribution in [1.29, 1.82) is 0 Å². The predicted molar refractivity (Wildman–Crippen MR) is 103 cm³/mol. The second-order valence-electron chi connectivity index (χ2n) is 5.56. The van der Waals surface area contributed by atoms with Crippen LogP contribution in [0.15, 0.2) is 76.6 Å². The van der Waals surface area contributed by atoms with E-state index >= 15 is 0 Å². The quantitative estimate of drug-likeness (QED) is 0.572. The minimum atomic E-state index is -0.0289. The fraction of sp³-hybridized carbons (Fsp3) is 0.150. The Morgan fingerprint density at radius 2 is 1.67 bits per heavy atom. The Balaban J connectivity index is 1.75. The normalized spacial score (nSPS) is 11.9. The third-order valence-electron chi connectivity index (χ3n) is 3.90. The molecule has 0 aliphatic rings. The minimum Gasteiger partial charge on any atom is -0.344 e. The number of carbonyl (C=O) groups excluding carboxylic acids is 1. The largest absolute Gasteiger partial charge is 0.344 e. The Kier molecular flexibility index (Phi) is 5.83. The number of hydrogen-bond acceptors (Lipinski definition) is 2. The van der Waals surface area contributed by atoms with Crippen LogP contribution in [0.4, 0.5) is 0 Å². The number of thiophene rings is 1. The van der Waals surface area contributed by atoms with Crippen LogP contribution in [0.5, 0.6) is 0 Å². The van der Waals surface area contributed by atoms with Crippen LogP contribution in [0.1, 0.15) is 33.3 Å². The molecule has 0 saturated heterocycles. The number of amides is 1. The predicted octanol–water partition coefficient (Wildman–Crippen LogP) is 5.61. The van der Waals surface area contributed by atoms with Crippen LogP contribution in [-0.2, 0) is 6.42 Å². The van der Waals surface area contributed by atoms with Gasteiger partial charge >= 0.3 is 0 Å². The lowest BCUT2D eigenvalue weighted by Gasteiger charge is -2.19. The molecular weight excluding hydrogens is 382 g/mol. The topological polar surface area (TPSA) is 29.1 Å². The zero-order chi connectivity index (χ0) is 16.8. The van der Waals surface area contributed by atoms with Gasteiger partial charge in [-0.1, -0.05) is 60.7 Å². The van der Waals surface area contributed by atoms with Crippen molar-refractivity contribution in [2.45, 2.75) is 18.9 Å². The van der Waals surface area contributed by atoms with Crippen molar-refractivity contribution >= 4 is 33.2 Å². The molecule has 2 nitrogen and oxygen atoms in total. The molecule has 1 unspecified atom stereocenters. The Morgan fingerprint density at radius 1 is 1.00 bits per heavy atom. The van der Waals surface area contributed by atoms with E-state index in [9.17, 15) is 4.79 Å². The van der Waals surface area contributed by atoms with Crippen LogP contribution in [0.3, 0.4) is 0 Å². The molecule has 0 saturated carbocycles. The minimum absolute atomic E-state index is 0.00657. The van der Waals surface area contributed by atoms with Crippen LogP contribution in [0.25, 0.3) is 0 Å². The maximum absolute atomic E-state index is 12.6. The van der Waals surface area contributed by atoms with Gasteiger partial charge in [-0.05, 0) is 51.3 Å². The summed E-state index contributed by atoms with van der Waals surface area (Å²) in [6, 6.07) is 22.4. The monoisotopic (exact) mass is 399 g/mol. The van der Waals surface area contributed by atoms with Gasteiger partial charge < -0.3 is 5.32 Å². The number of halogens is 1. The molecule has 0 spiro atoms. The van der Waals surface area contributed by atoms with Gasteiger partial charge in [-0.2, -0.15) is 0 Å². The Hall–Kier alpha value is -1.91. The fourth-order valence-corrected chi connectivity index (χ4v) is 4.10.